The van der Waals surface area contributed by atoms with E-state index in [1.54, 1.807) is 6.92 Å². The van der Waals surface area contributed by atoms with Gasteiger partial charge in [-0.1, -0.05) is 0 Å². The highest BCUT2D eigenvalue weighted by molar-refractivity contribution is 5.57. The second kappa shape index (κ2) is 4.85. The summed E-state index contributed by atoms with van der Waals surface area (Å²) < 4.78 is 0. The third kappa shape index (κ3) is 2.83. The van der Waals surface area contributed by atoms with Gasteiger partial charge in [-0.15, -0.1) is 0 Å². The van der Waals surface area contributed by atoms with Crippen LogP contribution in [0.15, 0.2) is 0 Å². The van der Waals surface area contributed by atoms with E-state index in [0.717, 1.165) is 30.0 Å². The molecule has 0 radical (unpaired) electrons. The van der Waals surface area contributed by atoms with Gasteiger partial charge in [-0.05, 0) is 26.7 Å². The summed E-state index contributed by atoms with van der Waals surface area (Å²) in [6.07, 6.45) is 1.87. The predicted molar refractivity (Wildman–Crippen MR) is 66.7 cm³/mol. The lowest BCUT2D eigenvalue weighted by Crippen LogP contribution is -2.19. The zero-order valence-corrected chi connectivity index (χ0v) is 10.2. The van der Waals surface area contributed by atoms with Crippen LogP contribution in [0.4, 0.5) is 11.6 Å². The van der Waals surface area contributed by atoms with Crippen molar-refractivity contribution in [2.45, 2.75) is 38.7 Å². The van der Waals surface area contributed by atoms with E-state index in [1.165, 1.54) is 0 Å². The SMILES string of the molecule is Cc1c(NN)nc(C2CC2)nc1NCC(C)O. The molecule has 1 heterocycles. The molecular formula is C11H19N5O. The Bertz CT molecular complexity index is 403. The van der Waals surface area contributed by atoms with Gasteiger partial charge in [0.05, 0.1) is 6.10 Å². The zero-order valence-electron chi connectivity index (χ0n) is 10.2. The maximum Gasteiger partial charge on any atom is 0.148 e. The van der Waals surface area contributed by atoms with Crippen LogP contribution < -0.4 is 16.6 Å². The monoisotopic (exact) mass is 237 g/mol. The lowest BCUT2D eigenvalue weighted by atomic mass is 10.2. The molecule has 1 fully saturated rings. The first-order valence-corrected chi connectivity index (χ1v) is 5.89. The summed E-state index contributed by atoms with van der Waals surface area (Å²) >= 11 is 0. The van der Waals surface area contributed by atoms with Crippen LogP contribution in [0.2, 0.25) is 0 Å². The third-order valence-electron chi connectivity index (χ3n) is 2.81. The minimum atomic E-state index is -0.414. The van der Waals surface area contributed by atoms with Crippen molar-refractivity contribution >= 4 is 11.6 Å². The number of rotatable bonds is 5. The molecule has 1 aromatic rings. The number of aromatic nitrogens is 2. The molecule has 0 spiro atoms. The van der Waals surface area contributed by atoms with Gasteiger partial charge in [0, 0.05) is 18.0 Å². The number of hydrogen-bond donors (Lipinski definition) is 4. The van der Waals surface area contributed by atoms with Crippen molar-refractivity contribution in [2.75, 3.05) is 17.3 Å². The fourth-order valence-corrected chi connectivity index (χ4v) is 1.62. The van der Waals surface area contributed by atoms with Crippen LogP contribution in [0.3, 0.4) is 0 Å². The molecular weight excluding hydrogens is 218 g/mol. The number of nitrogens with zero attached hydrogens (tertiary/aromatic N) is 2. The van der Waals surface area contributed by atoms with Gasteiger partial charge in [-0.25, -0.2) is 15.8 Å². The van der Waals surface area contributed by atoms with Gasteiger partial charge in [-0.3, -0.25) is 0 Å². The molecule has 0 saturated heterocycles. The molecule has 17 heavy (non-hydrogen) atoms. The van der Waals surface area contributed by atoms with E-state index in [0.29, 0.717) is 18.3 Å². The highest BCUT2D eigenvalue weighted by Crippen LogP contribution is 2.39. The number of aliphatic hydroxyl groups is 1. The van der Waals surface area contributed by atoms with Crippen molar-refractivity contribution in [2.24, 2.45) is 5.84 Å². The van der Waals surface area contributed by atoms with E-state index in [2.05, 4.69) is 20.7 Å². The van der Waals surface area contributed by atoms with Gasteiger partial charge < -0.3 is 15.8 Å². The molecule has 1 aromatic heterocycles. The molecule has 6 nitrogen and oxygen atoms in total. The fourth-order valence-electron chi connectivity index (χ4n) is 1.62. The lowest BCUT2D eigenvalue weighted by Gasteiger charge is -2.14. The van der Waals surface area contributed by atoms with Crippen LogP contribution in [0.1, 0.15) is 37.1 Å². The van der Waals surface area contributed by atoms with Gasteiger partial charge in [0.15, 0.2) is 0 Å². The first-order chi connectivity index (χ1) is 8.11. The molecule has 0 bridgehead atoms. The van der Waals surface area contributed by atoms with Crippen LogP contribution in [0.25, 0.3) is 0 Å². The summed E-state index contributed by atoms with van der Waals surface area (Å²) in [4.78, 5) is 8.88. The molecule has 94 valence electrons. The van der Waals surface area contributed by atoms with Gasteiger partial charge in [0.25, 0.3) is 0 Å². The van der Waals surface area contributed by atoms with E-state index in [-0.39, 0.29) is 0 Å². The van der Waals surface area contributed by atoms with Crippen molar-refractivity contribution in [3.8, 4) is 0 Å². The maximum atomic E-state index is 9.28. The molecule has 1 aliphatic carbocycles. The number of nitrogen functional groups attached to an aromatic ring is 1. The third-order valence-corrected chi connectivity index (χ3v) is 2.81. The zero-order chi connectivity index (χ0) is 12.4. The van der Waals surface area contributed by atoms with Crippen LogP contribution in [0, 0.1) is 6.92 Å². The summed E-state index contributed by atoms with van der Waals surface area (Å²) in [7, 11) is 0. The van der Waals surface area contributed by atoms with Crippen molar-refractivity contribution in [3.05, 3.63) is 11.4 Å². The van der Waals surface area contributed by atoms with E-state index in [4.69, 9.17) is 5.84 Å². The van der Waals surface area contributed by atoms with Gasteiger partial charge >= 0.3 is 0 Å². The largest absolute Gasteiger partial charge is 0.392 e. The molecule has 2 rings (SSSR count). The Balaban J connectivity index is 2.24. The van der Waals surface area contributed by atoms with Gasteiger partial charge in [-0.2, -0.15) is 0 Å². The molecule has 0 amide bonds. The average molecular weight is 237 g/mol. The molecule has 1 saturated carbocycles. The Morgan fingerprint density at radius 3 is 2.59 bits per heavy atom. The summed E-state index contributed by atoms with van der Waals surface area (Å²) in [6.45, 7) is 4.09. The number of nitrogens with two attached hydrogens (primary N) is 1. The van der Waals surface area contributed by atoms with Crippen molar-refractivity contribution in [1.29, 1.82) is 0 Å². The molecule has 1 atom stereocenters. The molecule has 5 N–H and O–H groups in total. The lowest BCUT2D eigenvalue weighted by molar-refractivity contribution is 0.208. The van der Waals surface area contributed by atoms with Crippen LogP contribution in [0.5, 0.6) is 0 Å². The predicted octanol–water partition coefficient (Wildman–Crippen LogP) is 0.741. The molecule has 1 unspecified atom stereocenters. The Labute approximate surface area is 101 Å². The summed E-state index contributed by atoms with van der Waals surface area (Å²) in [6, 6.07) is 0. The van der Waals surface area contributed by atoms with E-state index >= 15 is 0 Å². The summed E-state index contributed by atoms with van der Waals surface area (Å²) in [5.41, 5.74) is 3.47. The standard InChI is InChI=1S/C11H19N5O/c1-6(17)5-13-9-7(2)10(16-12)15-11(14-9)8-3-4-8/h6,8,17H,3-5,12H2,1-2H3,(H2,13,14,15,16). The van der Waals surface area contributed by atoms with Crippen LogP contribution >= 0.6 is 0 Å². The smallest absolute Gasteiger partial charge is 0.148 e. The second-order valence-corrected chi connectivity index (χ2v) is 4.55. The molecule has 0 aliphatic heterocycles. The maximum absolute atomic E-state index is 9.28. The average Bonchev–Trinajstić information content (AvgIpc) is 3.11. The normalized spacial score (nSPS) is 16.7. The van der Waals surface area contributed by atoms with Crippen molar-refractivity contribution in [3.63, 3.8) is 0 Å². The Morgan fingerprint density at radius 2 is 2.06 bits per heavy atom. The first kappa shape index (κ1) is 12.1. The van der Waals surface area contributed by atoms with E-state index < -0.39 is 6.10 Å². The fraction of sp³-hybridized carbons (Fsp3) is 0.636. The second-order valence-electron chi connectivity index (χ2n) is 4.55. The topological polar surface area (TPSA) is 96.1 Å². The Hall–Kier alpha value is -1.40. The minimum Gasteiger partial charge on any atom is -0.392 e. The summed E-state index contributed by atoms with van der Waals surface area (Å²) in [5.74, 6) is 8.14. The van der Waals surface area contributed by atoms with Gasteiger partial charge in [0.2, 0.25) is 0 Å². The molecule has 0 aromatic carbocycles. The number of aliphatic hydroxyl groups excluding tert-OH is 1. The Kier molecular flexibility index (Phi) is 3.44. The van der Waals surface area contributed by atoms with E-state index in [1.807, 2.05) is 6.92 Å². The number of nitrogens with one attached hydrogen (secondary N) is 2. The van der Waals surface area contributed by atoms with Crippen LogP contribution in [-0.4, -0.2) is 27.7 Å². The van der Waals surface area contributed by atoms with Crippen LogP contribution in [-0.2, 0) is 0 Å². The minimum absolute atomic E-state index is 0.414. The number of hydrogen-bond acceptors (Lipinski definition) is 6. The Morgan fingerprint density at radius 1 is 1.41 bits per heavy atom. The highest BCUT2D eigenvalue weighted by Gasteiger charge is 2.28. The quantitative estimate of drug-likeness (QED) is 0.445. The number of anilines is 2. The first-order valence-electron chi connectivity index (χ1n) is 5.89. The number of hydrazine groups is 1. The van der Waals surface area contributed by atoms with Gasteiger partial charge in [0.1, 0.15) is 17.5 Å². The summed E-state index contributed by atoms with van der Waals surface area (Å²) in [5, 5.41) is 12.4. The van der Waals surface area contributed by atoms with Crippen molar-refractivity contribution < 1.29 is 5.11 Å². The molecule has 1 aliphatic rings. The highest BCUT2D eigenvalue weighted by atomic mass is 16.3. The van der Waals surface area contributed by atoms with E-state index in [9.17, 15) is 5.11 Å². The molecule has 6 heteroatoms. The van der Waals surface area contributed by atoms with Crippen molar-refractivity contribution in [1.82, 2.24) is 9.97 Å².